The number of piperidine rings is 1. The third-order valence-electron chi connectivity index (χ3n) is 5.00. The molecule has 1 saturated heterocycles. The molecule has 1 atom stereocenters. The molecule has 1 fully saturated rings. The van der Waals surface area contributed by atoms with Gasteiger partial charge in [-0.15, -0.1) is 21.5 Å². The number of likely N-dealkylation sites (tertiary alicyclic amines) is 1. The van der Waals surface area contributed by atoms with Gasteiger partial charge in [-0.2, -0.15) is 0 Å². The van der Waals surface area contributed by atoms with Crippen LogP contribution >= 0.6 is 11.3 Å². The van der Waals surface area contributed by atoms with Crippen LogP contribution in [0.5, 0.6) is 5.75 Å². The number of nitrogens with one attached hydrogen (secondary N) is 1. The van der Waals surface area contributed by atoms with Gasteiger partial charge in [-0.1, -0.05) is 6.92 Å². The van der Waals surface area contributed by atoms with E-state index < -0.39 is 12.5 Å². The lowest BCUT2D eigenvalue weighted by atomic mass is 10.1. The fourth-order valence-corrected chi connectivity index (χ4v) is 4.30. The quantitative estimate of drug-likeness (QED) is 0.715. The lowest BCUT2D eigenvalue weighted by Gasteiger charge is -2.32. The summed E-state index contributed by atoms with van der Waals surface area (Å²) in [6.45, 7) is 1.96. The summed E-state index contributed by atoms with van der Waals surface area (Å²) < 4.78 is 25.2. The normalized spacial score (nSPS) is 20.2. The van der Waals surface area contributed by atoms with Crippen LogP contribution in [0.1, 0.15) is 23.9 Å². The number of likely N-dealkylation sites (N-methyl/N-ethyl adjacent to an activating group) is 1. The molecule has 0 radical (unpaired) electrons. The molecule has 4 rings (SSSR count). The largest absolute Gasteiger partial charge is 0.507 e. The number of aromatic nitrogens is 3. The topological polar surface area (TPSA) is 83.3 Å². The number of benzene rings is 1. The van der Waals surface area contributed by atoms with E-state index in [2.05, 4.69) is 27.3 Å². The van der Waals surface area contributed by atoms with Gasteiger partial charge in [-0.3, -0.25) is 9.36 Å². The molecule has 1 aromatic carbocycles. The van der Waals surface area contributed by atoms with Crippen LogP contribution in [0.15, 0.2) is 28.4 Å². The van der Waals surface area contributed by atoms with Gasteiger partial charge in [-0.25, -0.2) is 0 Å². The summed E-state index contributed by atoms with van der Waals surface area (Å²) in [6, 6.07) is 5.06. The number of fused-ring (bicyclic) bond motifs is 1. The smallest absolute Gasteiger partial charge is 0.296 e. The molecule has 2 aromatic heterocycles. The van der Waals surface area contributed by atoms with Crippen LogP contribution in [0.25, 0.3) is 21.5 Å². The third-order valence-corrected chi connectivity index (χ3v) is 5.89. The summed E-state index contributed by atoms with van der Waals surface area (Å²) in [6.07, 6.45) is 1.85. The highest BCUT2D eigenvalue weighted by Crippen LogP contribution is 2.36. The predicted molar refractivity (Wildman–Crippen MR) is 109 cm³/mol. The van der Waals surface area contributed by atoms with E-state index in [-0.39, 0.29) is 29.0 Å². The highest BCUT2D eigenvalue weighted by atomic mass is 32.1. The molecule has 1 aliphatic heterocycles. The highest BCUT2D eigenvalue weighted by Gasteiger charge is 2.22. The van der Waals surface area contributed by atoms with Gasteiger partial charge in [0.15, 0.2) is 5.82 Å². The molecular formula is C19H23N5O2S. The number of hydrogen-bond donors (Lipinski definition) is 2. The van der Waals surface area contributed by atoms with Crippen LogP contribution in [0.3, 0.4) is 0 Å². The first kappa shape index (κ1) is 14.6. The number of phenolic OH excluding ortho intramolecular Hbond substituents is 1. The zero-order chi connectivity index (χ0) is 21.5. The molecule has 3 aromatic rings. The number of rotatable bonds is 4. The van der Waals surface area contributed by atoms with Gasteiger partial charge < -0.3 is 15.3 Å². The summed E-state index contributed by atoms with van der Waals surface area (Å²) in [5.41, 5.74) is -0.624. The Morgan fingerprint density at radius 3 is 3.11 bits per heavy atom. The number of aromatic hydroxyl groups is 1. The molecule has 2 N–H and O–H groups in total. The minimum atomic E-state index is -2.78. The van der Waals surface area contributed by atoms with Gasteiger partial charge in [0.25, 0.3) is 5.56 Å². The molecule has 0 amide bonds. The van der Waals surface area contributed by atoms with Gasteiger partial charge in [0.1, 0.15) is 5.75 Å². The first-order valence-electron chi connectivity index (χ1n) is 10.5. The molecule has 8 heteroatoms. The average Bonchev–Trinajstić information content (AvgIpc) is 3.19. The van der Waals surface area contributed by atoms with E-state index in [4.69, 9.17) is 4.11 Å². The zero-order valence-corrected chi connectivity index (χ0v) is 15.8. The Balaban J connectivity index is 1.78. The minimum absolute atomic E-state index is 0.00726. The SMILES string of the molecule is [2H]C([2H])([2H])n1c(-c2ccc3sccc3c2O)nnc(N[C@@H]2CCCN(CC)C2)c1=O. The predicted octanol–water partition coefficient (Wildman–Crippen LogP) is 2.66. The van der Waals surface area contributed by atoms with Gasteiger partial charge in [-0.05, 0) is 49.5 Å². The second-order valence-electron chi connectivity index (χ2n) is 6.68. The Labute approximate surface area is 165 Å². The van der Waals surface area contributed by atoms with Crippen molar-refractivity contribution in [1.29, 1.82) is 0 Å². The second kappa shape index (κ2) is 7.28. The lowest BCUT2D eigenvalue weighted by molar-refractivity contribution is 0.226. The van der Waals surface area contributed by atoms with Crippen LogP contribution in [0.2, 0.25) is 0 Å². The first-order valence-corrected chi connectivity index (χ1v) is 9.86. The Morgan fingerprint density at radius 1 is 1.41 bits per heavy atom. The number of nitrogens with zero attached hydrogens (tertiary/aromatic N) is 4. The fourth-order valence-electron chi connectivity index (χ4n) is 3.51. The van der Waals surface area contributed by atoms with E-state index in [1.165, 1.54) is 11.3 Å². The van der Waals surface area contributed by atoms with E-state index in [1.54, 1.807) is 18.2 Å². The van der Waals surface area contributed by atoms with Crippen molar-refractivity contribution in [3.05, 3.63) is 33.9 Å². The summed E-state index contributed by atoms with van der Waals surface area (Å²) in [7, 11) is 0. The standard InChI is InChI=1S/C19H23N5O2S/c1-3-24-9-4-5-12(11-24)20-17-19(26)23(2)18(22-21-17)14-6-7-15-13(16(14)25)8-10-27-15/h6-8,10,12,25H,3-5,9,11H2,1-2H3,(H,20,21)/t12-/m1/s1/i2D3. The molecular weight excluding hydrogens is 362 g/mol. The number of hydrogen-bond acceptors (Lipinski definition) is 7. The van der Waals surface area contributed by atoms with Crippen molar-refractivity contribution < 1.29 is 9.22 Å². The second-order valence-corrected chi connectivity index (χ2v) is 7.63. The molecule has 0 spiro atoms. The molecule has 1 aliphatic rings. The number of thiophene rings is 1. The third kappa shape index (κ3) is 3.30. The van der Waals surface area contributed by atoms with Crippen molar-refractivity contribution in [2.24, 2.45) is 6.98 Å². The summed E-state index contributed by atoms with van der Waals surface area (Å²) >= 11 is 1.45. The summed E-state index contributed by atoms with van der Waals surface area (Å²) in [4.78, 5) is 15.4. The van der Waals surface area contributed by atoms with Gasteiger partial charge >= 0.3 is 0 Å². The zero-order valence-electron chi connectivity index (χ0n) is 18.0. The van der Waals surface area contributed by atoms with Crippen LogP contribution in [0, 0.1) is 0 Å². The Hall–Kier alpha value is -2.45. The average molecular weight is 389 g/mol. The fraction of sp³-hybridized carbons (Fsp3) is 0.421. The van der Waals surface area contributed by atoms with Crippen LogP contribution in [0.4, 0.5) is 5.82 Å². The van der Waals surface area contributed by atoms with Gasteiger partial charge in [0.2, 0.25) is 5.82 Å². The van der Waals surface area contributed by atoms with E-state index in [9.17, 15) is 9.90 Å². The van der Waals surface area contributed by atoms with Crippen LogP contribution < -0.4 is 10.9 Å². The van der Waals surface area contributed by atoms with Crippen molar-refractivity contribution in [2.75, 3.05) is 25.0 Å². The van der Waals surface area contributed by atoms with Gasteiger partial charge in [0, 0.05) is 33.8 Å². The maximum atomic E-state index is 13.1. The molecule has 142 valence electrons. The van der Waals surface area contributed by atoms with Crippen molar-refractivity contribution in [1.82, 2.24) is 19.7 Å². The van der Waals surface area contributed by atoms with Crippen molar-refractivity contribution in [3.8, 4) is 17.1 Å². The van der Waals surface area contributed by atoms with E-state index in [1.807, 2.05) is 5.38 Å². The van der Waals surface area contributed by atoms with E-state index >= 15 is 0 Å². The maximum absolute atomic E-state index is 13.1. The van der Waals surface area contributed by atoms with Gasteiger partial charge in [0.05, 0.1) is 5.56 Å². The first-order chi connectivity index (χ1) is 14.3. The molecule has 0 aliphatic carbocycles. The van der Waals surface area contributed by atoms with E-state index in [0.29, 0.717) is 9.95 Å². The molecule has 3 heterocycles. The molecule has 0 bridgehead atoms. The highest BCUT2D eigenvalue weighted by molar-refractivity contribution is 7.17. The minimum Gasteiger partial charge on any atom is -0.507 e. The van der Waals surface area contributed by atoms with Crippen molar-refractivity contribution >= 4 is 27.2 Å². The lowest BCUT2D eigenvalue weighted by Crippen LogP contribution is -2.43. The monoisotopic (exact) mass is 388 g/mol. The van der Waals surface area contributed by atoms with Crippen LogP contribution in [-0.4, -0.2) is 50.4 Å². The number of phenols is 1. The molecule has 0 unspecified atom stereocenters. The molecule has 27 heavy (non-hydrogen) atoms. The molecule has 0 saturated carbocycles. The van der Waals surface area contributed by atoms with Crippen molar-refractivity contribution in [3.63, 3.8) is 0 Å². The number of anilines is 1. The summed E-state index contributed by atoms with van der Waals surface area (Å²) in [5.74, 6) is -0.393. The van der Waals surface area contributed by atoms with E-state index in [0.717, 1.165) is 37.2 Å². The van der Waals surface area contributed by atoms with Crippen molar-refractivity contribution in [2.45, 2.75) is 25.8 Å². The Morgan fingerprint density at radius 2 is 2.30 bits per heavy atom. The molecule has 7 nitrogen and oxygen atoms in total. The summed E-state index contributed by atoms with van der Waals surface area (Å²) in [5, 5.41) is 24.2. The maximum Gasteiger partial charge on any atom is 0.296 e. The van der Waals surface area contributed by atoms with Crippen LogP contribution in [-0.2, 0) is 6.98 Å². The Bertz CT molecular complexity index is 1130. The Kier molecular flexibility index (Phi) is 3.94.